The van der Waals surface area contributed by atoms with Crippen molar-refractivity contribution in [3.05, 3.63) is 0 Å². The second-order valence-corrected chi connectivity index (χ2v) is 5.34. The van der Waals surface area contributed by atoms with Gasteiger partial charge in [-0.3, -0.25) is 0 Å². The minimum absolute atomic E-state index is 0.159. The molecule has 84 valence electrons. The van der Waals surface area contributed by atoms with Crippen molar-refractivity contribution in [1.82, 2.24) is 0 Å². The molecule has 0 aromatic carbocycles. The lowest BCUT2D eigenvalue weighted by Gasteiger charge is -2.35. The van der Waals surface area contributed by atoms with E-state index >= 15 is 0 Å². The number of hydrogen-bond donors (Lipinski definition) is 1. The molecule has 0 saturated carbocycles. The lowest BCUT2D eigenvalue weighted by molar-refractivity contribution is -0.100. The van der Waals surface area contributed by atoms with Crippen molar-refractivity contribution in [3.63, 3.8) is 0 Å². The van der Waals surface area contributed by atoms with Crippen LogP contribution >= 0.6 is 0 Å². The molecule has 0 bridgehead atoms. The number of ether oxygens (including phenoxy) is 2. The molecule has 1 heterocycles. The third kappa shape index (κ3) is 3.53. The number of nitrogens with two attached hydrogens (primary N) is 1. The molecule has 2 N–H and O–H groups in total. The zero-order chi connectivity index (χ0) is 10.7. The molecule has 5 nitrogen and oxygen atoms in total. The van der Waals surface area contributed by atoms with Crippen LogP contribution in [0, 0.1) is 0 Å². The van der Waals surface area contributed by atoms with Crippen LogP contribution in [-0.2, 0) is 19.5 Å². The molecule has 6 heteroatoms. The summed E-state index contributed by atoms with van der Waals surface area (Å²) in [6.07, 6.45) is 2.62. The van der Waals surface area contributed by atoms with Gasteiger partial charge in [-0.05, 0) is 19.3 Å². The van der Waals surface area contributed by atoms with Gasteiger partial charge in [0.15, 0.2) is 0 Å². The summed E-state index contributed by atoms with van der Waals surface area (Å²) in [5, 5.41) is 5.02. The first-order valence-electron chi connectivity index (χ1n) is 4.61. The molecule has 1 unspecified atom stereocenters. The zero-order valence-electron chi connectivity index (χ0n) is 8.36. The van der Waals surface area contributed by atoms with Gasteiger partial charge in [0.1, 0.15) is 5.60 Å². The van der Waals surface area contributed by atoms with E-state index < -0.39 is 15.6 Å². The Kier molecular flexibility index (Phi) is 3.88. The molecule has 0 aromatic heterocycles. The van der Waals surface area contributed by atoms with Crippen LogP contribution in [0.15, 0.2) is 0 Å². The fraction of sp³-hybridized carbons (Fsp3) is 1.00. The van der Waals surface area contributed by atoms with Crippen molar-refractivity contribution < 1.29 is 17.9 Å². The van der Waals surface area contributed by atoms with Crippen LogP contribution in [0.5, 0.6) is 0 Å². The maximum absolute atomic E-state index is 11.0. The van der Waals surface area contributed by atoms with Crippen LogP contribution in [0.1, 0.15) is 19.3 Å². The maximum Gasteiger partial charge on any atom is 0.212 e. The van der Waals surface area contributed by atoms with Crippen LogP contribution in [0.25, 0.3) is 0 Å². The van der Waals surface area contributed by atoms with Crippen molar-refractivity contribution in [2.75, 3.05) is 26.1 Å². The summed E-state index contributed by atoms with van der Waals surface area (Å²) in [5.74, 6) is -0.159. The van der Waals surface area contributed by atoms with E-state index in [4.69, 9.17) is 14.6 Å². The Balaban J connectivity index is 2.70. The van der Waals surface area contributed by atoms with Crippen LogP contribution in [-0.4, -0.2) is 40.1 Å². The SMILES string of the molecule is COCC1(CS(N)(=O)=O)CCCCO1. The fourth-order valence-corrected chi connectivity index (χ4v) is 2.85. The van der Waals surface area contributed by atoms with Crippen molar-refractivity contribution in [1.29, 1.82) is 0 Å². The van der Waals surface area contributed by atoms with E-state index in [-0.39, 0.29) is 12.4 Å². The highest BCUT2D eigenvalue weighted by molar-refractivity contribution is 7.89. The van der Waals surface area contributed by atoms with E-state index in [1.54, 1.807) is 0 Å². The first-order valence-corrected chi connectivity index (χ1v) is 6.32. The first-order chi connectivity index (χ1) is 6.47. The maximum atomic E-state index is 11.0. The second-order valence-electron chi connectivity index (χ2n) is 3.73. The minimum Gasteiger partial charge on any atom is -0.382 e. The summed E-state index contributed by atoms with van der Waals surface area (Å²) in [6, 6.07) is 0. The first kappa shape index (κ1) is 11.9. The molecule has 1 atom stereocenters. The fourth-order valence-electron chi connectivity index (χ4n) is 1.81. The Morgan fingerprint density at radius 2 is 2.21 bits per heavy atom. The Hall–Kier alpha value is -0.170. The summed E-state index contributed by atoms with van der Waals surface area (Å²) in [6.45, 7) is 0.863. The van der Waals surface area contributed by atoms with E-state index in [2.05, 4.69) is 0 Å². The summed E-state index contributed by atoms with van der Waals surface area (Å²) in [5.41, 5.74) is -0.722. The van der Waals surface area contributed by atoms with Gasteiger partial charge in [0.2, 0.25) is 10.0 Å². The molecule has 1 fully saturated rings. The smallest absolute Gasteiger partial charge is 0.212 e. The largest absolute Gasteiger partial charge is 0.382 e. The monoisotopic (exact) mass is 223 g/mol. The number of hydrogen-bond acceptors (Lipinski definition) is 4. The molecule has 0 aromatic rings. The van der Waals surface area contributed by atoms with Crippen molar-refractivity contribution in [2.45, 2.75) is 24.9 Å². The van der Waals surface area contributed by atoms with Gasteiger partial charge in [-0.25, -0.2) is 13.6 Å². The standard InChI is InChI=1S/C8H17NO4S/c1-12-6-8(7-14(9,10)11)4-2-3-5-13-8/h2-7H2,1H3,(H2,9,10,11). The predicted octanol–water partition coefficient (Wildman–Crippen LogP) is -0.139. The predicted molar refractivity (Wildman–Crippen MR) is 52.4 cm³/mol. The molecule has 14 heavy (non-hydrogen) atoms. The second kappa shape index (κ2) is 4.57. The van der Waals surface area contributed by atoms with E-state index in [1.807, 2.05) is 0 Å². The van der Waals surface area contributed by atoms with Crippen LogP contribution < -0.4 is 5.14 Å². The van der Waals surface area contributed by atoms with Gasteiger partial charge in [-0.15, -0.1) is 0 Å². The molecular weight excluding hydrogens is 206 g/mol. The topological polar surface area (TPSA) is 78.6 Å². The van der Waals surface area contributed by atoms with Crippen LogP contribution in [0.3, 0.4) is 0 Å². The summed E-state index contributed by atoms with van der Waals surface area (Å²) < 4.78 is 32.5. The van der Waals surface area contributed by atoms with Crippen LogP contribution in [0.2, 0.25) is 0 Å². The van der Waals surface area contributed by atoms with Crippen molar-refractivity contribution in [3.8, 4) is 0 Å². The molecule has 0 aliphatic carbocycles. The molecule has 1 aliphatic rings. The lowest BCUT2D eigenvalue weighted by atomic mass is 9.97. The molecule has 0 amide bonds. The Morgan fingerprint density at radius 1 is 1.50 bits per heavy atom. The van der Waals surface area contributed by atoms with E-state index in [0.717, 1.165) is 12.8 Å². The highest BCUT2D eigenvalue weighted by atomic mass is 32.2. The van der Waals surface area contributed by atoms with E-state index in [9.17, 15) is 8.42 Å². The van der Waals surface area contributed by atoms with Gasteiger partial charge >= 0.3 is 0 Å². The molecular formula is C8H17NO4S. The molecule has 1 aliphatic heterocycles. The third-order valence-corrected chi connectivity index (χ3v) is 3.24. The quantitative estimate of drug-likeness (QED) is 0.719. The lowest BCUT2D eigenvalue weighted by Crippen LogP contribution is -2.48. The Morgan fingerprint density at radius 3 is 2.64 bits per heavy atom. The number of rotatable bonds is 4. The van der Waals surface area contributed by atoms with Gasteiger partial charge in [-0.2, -0.15) is 0 Å². The van der Waals surface area contributed by atoms with Gasteiger partial charge in [-0.1, -0.05) is 0 Å². The molecule has 0 spiro atoms. The average molecular weight is 223 g/mol. The van der Waals surface area contributed by atoms with E-state index in [1.165, 1.54) is 7.11 Å². The number of primary sulfonamides is 1. The summed E-state index contributed by atoms with van der Waals surface area (Å²) in [7, 11) is -1.98. The number of methoxy groups -OCH3 is 1. The third-order valence-electron chi connectivity index (χ3n) is 2.31. The molecule has 1 rings (SSSR count). The van der Waals surface area contributed by atoms with Gasteiger partial charge < -0.3 is 9.47 Å². The minimum atomic E-state index is -3.51. The van der Waals surface area contributed by atoms with Crippen molar-refractivity contribution in [2.24, 2.45) is 5.14 Å². The normalized spacial score (nSPS) is 29.0. The zero-order valence-corrected chi connectivity index (χ0v) is 9.18. The Bertz CT molecular complexity index is 264. The summed E-state index contributed by atoms with van der Waals surface area (Å²) in [4.78, 5) is 0. The van der Waals surface area contributed by atoms with E-state index in [0.29, 0.717) is 13.0 Å². The van der Waals surface area contributed by atoms with Gasteiger partial charge in [0.05, 0.1) is 12.4 Å². The van der Waals surface area contributed by atoms with Gasteiger partial charge in [0.25, 0.3) is 0 Å². The average Bonchev–Trinajstić information content (AvgIpc) is 2.02. The highest BCUT2D eigenvalue weighted by Gasteiger charge is 2.37. The Labute approximate surface area is 84.6 Å². The highest BCUT2D eigenvalue weighted by Crippen LogP contribution is 2.26. The van der Waals surface area contributed by atoms with Gasteiger partial charge in [0, 0.05) is 13.7 Å². The summed E-state index contributed by atoms with van der Waals surface area (Å²) >= 11 is 0. The van der Waals surface area contributed by atoms with Crippen LogP contribution in [0.4, 0.5) is 0 Å². The molecule has 0 radical (unpaired) electrons. The number of sulfonamides is 1. The van der Waals surface area contributed by atoms with Crippen molar-refractivity contribution >= 4 is 10.0 Å². The molecule has 1 saturated heterocycles.